The van der Waals surface area contributed by atoms with E-state index in [-0.39, 0.29) is 11.9 Å². The van der Waals surface area contributed by atoms with Gasteiger partial charge in [-0.1, -0.05) is 5.16 Å². The Morgan fingerprint density at radius 1 is 1.27 bits per heavy atom. The Bertz CT molecular complexity index is 709. The summed E-state index contributed by atoms with van der Waals surface area (Å²) in [6.07, 6.45) is 5.70. The maximum atomic E-state index is 12.8. The first-order valence-electron chi connectivity index (χ1n) is 7.66. The summed E-state index contributed by atoms with van der Waals surface area (Å²) < 4.78 is 5.04. The Kier molecular flexibility index (Phi) is 3.13. The van der Waals surface area contributed by atoms with Gasteiger partial charge in [0, 0.05) is 25.6 Å². The van der Waals surface area contributed by atoms with E-state index in [0.29, 0.717) is 29.9 Å². The summed E-state index contributed by atoms with van der Waals surface area (Å²) in [6, 6.07) is 1.56. The molecule has 1 saturated heterocycles. The highest BCUT2D eigenvalue weighted by Crippen LogP contribution is 2.38. The number of carbonyl (C=O) groups excluding carboxylic acids is 1. The minimum atomic E-state index is -0.121. The quantitative estimate of drug-likeness (QED) is 0.862. The Labute approximate surface area is 127 Å². The van der Waals surface area contributed by atoms with E-state index in [1.807, 2.05) is 0 Å². The maximum absolute atomic E-state index is 12.8. The zero-order valence-corrected chi connectivity index (χ0v) is 12.4. The Morgan fingerprint density at radius 3 is 2.86 bits per heavy atom. The number of hydrogen-bond acceptors (Lipinski definition) is 6. The van der Waals surface area contributed by atoms with Gasteiger partial charge in [0.1, 0.15) is 11.5 Å². The number of rotatable bonds is 3. The third-order valence-electron chi connectivity index (χ3n) is 4.19. The van der Waals surface area contributed by atoms with Crippen LogP contribution in [0.25, 0.3) is 0 Å². The molecular weight excluding hydrogens is 282 g/mol. The largest absolute Gasteiger partial charge is 0.340 e. The van der Waals surface area contributed by atoms with Crippen molar-refractivity contribution < 1.29 is 9.32 Å². The smallest absolute Gasteiger partial charge is 0.273 e. The number of hydrogen-bond donors (Lipinski definition) is 0. The first-order chi connectivity index (χ1) is 10.7. The van der Waals surface area contributed by atoms with Crippen molar-refractivity contribution >= 4 is 5.91 Å². The molecule has 4 rings (SSSR count). The monoisotopic (exact) mass is 299 g/mol. The van der Waals surface area contributed by atoms with Gasteiger partial charge in [-0.25, -0.2) is 9.97 Å². The summed E-state index contributed by atoms with van der Waals surface area (Å²) in [5.74, 6) is 2.25. The molecule has 1 aliphatic carbocycles. The van der Waals surface area contributed by atoms with Crippen LogP contribution >= 0.6 is 0 Å². The minimum Gasteiger partial charge on any atom is -0.340 e. The average molecular weight is 299 g/mol. The molecular formula is C15H17N5O2. The molecule has 0 N–H and O–H groups in total. The summed E-state index contributed by atoms with van der Waals surface area (Å²) in [4.78, 5) is 27.6. The van der Waals surface area contributed by atoms with Crippen LogP contribution in [0.4, 0.5) is 0 Å². The predicted molar refractivity (Wildman–Crippen MR) is 76.1 cm³/mol. The van der Waals surface area contributed by atoms with Crippen LogP contribution in [0.3, 0.4) is 0 Å². The molecule has 0 spiro atoms. The molecule has 0 unspecified atom stereocenters. The summed E-state index contributed by atoms with van der Waals surface area (Å²) in [7, 11) is 0. The first kappa shape index (κ1) is 13.4. The van der Waals surface area contributed by atoms with Gasteiger partial charge in [0.25, 0.3) is 5.91 Å². The topological polar surface area (TPSA) is 85.0 Å². The second kappa shape index (κ2) is 5.15. The molecule has 7 heteroatoms. The van der Waals surface area contributed by atoms with E-state index in [2.05, 4.69) is 20.1 Å². The standard InChI is InChI=1S/C15H17N5O2/c1-9-17-14(19-22-9)12-3-2-8-20(12)15(21)11-6-7-16-13(18-11)10-4-5-10/h6-7,10,12H,2-5,8H2,1H3/t12-/m0/s1. The fourth-order valence-corrected chi connectivity index (χ4v) is 2.91. The van der Waals surface area contributed by atoms with Crippen LogP contribution in [0, 0.1) is 6.92 Å². The van der Waals surface area contributed by atoms with E-state index in [4.69, 9.17) is 4.52 Å². The van der Waals surface area contributed by atoms with Crippen molar-refractivity contribution in [3.63, 3.8) is 0 Å². The molecule has 2 fully saturated rings. The number of carbonyl (C=O) groups is 1. The lowest BCUT2D eigenvalue weighted by molar-refractivity contribution is 0.0721. The van der Waals surface area contributed by atoms with Gasteiger partial charge in [0.15, 0.2) is 5.82 Å². The molecule has 3 heterocycles. The van der Waals surface area contributed by atoms with Crippen LogP contribution in [-0.4, -0.2) is 37.5 Å². The van der Waals surface area contributed by atoms with Crippen molar-refractivity contribution in [3.8, 4) is 0 Å². The zero-order valence-electron chi connectivity index (χ0n) is 12.4. The van der Waals surface area contributed by atoms with Crippen molar-refractivity contribution in [2.75, 3.05) is 6.54 Å². The number of aryl methyl sites for hydroxylation is 1. The van der Waals surface area contributed by atoms with Gasteiger partial charge in [-0.3, -0.25) is 4.79 Å². The predicted octanol–water partition coefficient (Wildman–Crippen LogP) is 2.02. The van der Waals surface area contributed by atoms with E-state index in [9.17, 15) is 4.79 Å². The van der Waals surface area contributed by atoms with E-state index in [1.165, 1.54) is 0 Å². The highest BCUT2D eigenvalue weighted by molar-refractivity contribution is 5.92. The van der Waals surface area contributed by atoms with Gasteiger partial charge in [0.2, 0.25) is 5.89 Å². The lowest BCUT2D eigenvalue weighted by Gasteiger charge is -2.21. The van der Waals surface area contributed by atoms with Crippen LogP contribution in [-0.2, 0) is 0 Å². The fourth-order valence-electron chi connectivity index (χ4n) is 2.91. The molecule has 0 aromatic carbocycles. The zero-order chi connectivity index (χ0) is 15.1. The molecule has 1 atom stereocenters. The third kappa shape index (κ3) is 2.36. The Hall–Kier alpha value is -2.31. The van der Waals surface area contributed by atoms with Crippen molar-refractivity contribution in [1.29, 1.82) is 0 Å². The van der Waals surface area contributed by atoms with Crippen LogP contribution in [0.1, 0.15) is 65.7 Å². The van der Waals surface area contributed by atoms with Crippen molar-refractivity contribution in [3.05, 3.63) is 35.5 Å². The molecule has 2 aromatic rings. The number of nitrogens with zero attached hydrogens (tertiary/aromatic N) is 5. The molecule has 7 nitrogen and oxygen atoms in total. The average Bonchev–Trinajstić information content (AvgIpc) is 3.12. The molecule has 1 aliphatic heterocycles. The molecule has 22 heavy (non-hydrogen) atoms. The van der Waals surface area contributed by atoms with E-state index in [1.54, 1.807) is 24.1 Å². The van der Waals surface area contributed by atoms with Gasteiger partial charge < -0.3 is 9.42 Å². The van der Waals surface area contributed by atoms with E-state index < -0.39 is 0 Å². The molecule has 1 saturated carbocycles. The SMILES string of the molecule is Cc1nc([C@@H]2CCCN2C(=O)c2ccnc(C3CC3)n2)no1. The summed E-state index contributed by atoms with van der Waals surface area (Å²) in [6.45, 7) is 2.45. The number of aromatic nitrogens is 4. The second-order valence-electron chi connectivity index (χ2n) is 5.90. The van der Waals surface area contributed by atoms with Crippen molar-refractivity contribution in [2.24, 2.45) is 0 Å². The Morgan fingerprint density at radius 2 is 2.14 bits per heavy atom. The summed E-state index contributed by atoms with van der Waals surface area (Å²) >= 11 is 0. The molecule has 2 aliphatic rings. The van der Waals surface area contributed by atoms with Crippen LogP contribution < -0.4 is 0 Å². The summed E-state index contributed by atoms with van der Waals surface area (Å²) in [5.41, 5.74) is 0.462. The molecule has 0 bridgehead atoms. The van der Waals surface area contributed by atoms with Gasteiger partial charge in [-0.05, 0) is 31.7 Å². The maximum Gasteiger partial charge on any atom is 0.273 e. The van der Waals surface area contributed by atoms with Crippen LogP contribution in [0.15, 0.2) is 16.8 Å². The van der Waals surface area contributed by atoms with Gasteiger partial charge >= 0.3 is 0 Å². The highest BCUT2D eigenvalue weighted by Gasteiger charge is 2.35. The van der Waals surface area contributed by atoms with Crippen LogP contribution in [0.5, 0.6) is 0 Å². The van der Waals surface area contributed by atoms with Crippen LogP contribution in [0.2, 0.25) is 0 Å². The van der Waals surface area contributed by atoms with Gasteiger partial charge in [0.05, 0.1) is 6.04 Å². The van der Waals surface area contributed by atoms with Gasteiger partial charge in [-0.2, -0.15) is 4.98 Å². The van der Waals surface area contributed by atoms with Crippen molar-refractivity contribution in [1.82, 2.24) is 25.0 Å². The highest BCUT2D eigenvalue weighted by atomic mass is 16.5. The second-order valence-corrected chi connectivity index (χ2v) is 5.90. The lowest BCUT2D eigenvalue weighted by atomic mass is 10.2. The molecule has 2 aromatic heterocycles. The van der Waals surface area contributed by atoms with E-state index in [0.717, 1.165) is 31.5 Å². The summed E-state index contributed by atoms with van der Waals surface area (Å²) in [5, 5.41) is 3.97. The number of likely N-dealkylation sites (tertiary alicyclic amines) is 1. The number of amides is 1. The van der Waals surface area contributed by atoms with Gasteiger partial charge in [-0.15, -0.1) is 0 Å². The molecule has 0 radical (unpaired) electrons. The normalized spacial score (nSPS) is 21.3. The third-order valence-corrected chi connectivity index (χ3v) is 4.19. The first-order valence-corrected chi connectivity index (χ1v) is 7.66. The molecule has 1 amide bonds. The minimum absolute atomic E-state index is 0.0748. The fraction of sp³-hybridized carbons (Fsp3) is 0.533. The van der Waals surface area contributed by atoms with Crippen molar-refractivity contribution in [2.45, 2.75) is 44.6 Å². The Balaban J connectivity index is 1.59. The lowest BCUT2D eigenvalue weighted by Crippen LogP contribution is -2.32. The molecule has 114 valence electrons. The van der Waals surface area contributed by atoms with E-state index >= 15 is 0 Å².